The summed E-state index contributed by atoms with van der Waals surface area (Å²) in [6.45, 7) is 0. The molecule has 0 saturated carbocycles. The van der Waals surface area contributed by atoms with E-state index in [4.69, 9.17) is 15.0 Å². The van der Waals surface area contributed by atoms with E-state index in [-0.39, 0.29) is 0 Å². The van der Waals surface area contributed by atoms with Crippen molar-refractivity contribution in [3.63, 3.8) is 0 Å². The van der Waals surface area contributed by atoms with E-state index < -0.39 is 6.16 Å². The lowest BCUT2D eigenvalue weighted by atomic mass is 10.1. The minimum atomic E-state index is -1.83. The molecule has 0 spiro atoms. The molecular formula is C14H12O3. The van der Waals surface area contributed by atoms with Crippen LogP contribution in [0.3, 0.4) is 0 Å². The second kappa shape index (κ2) is 4.70. The topological polar surface area (TPSA) is 57.5 Å². The molecule has 0 amide bonds. The number of rotatable bonds is 0. The van der Waals surface area contributed by atoms with Gasteiger partial charge in [-0.3, -0.25) is 0 Å². The maximum Gasteiger partial charge on any atom is 0.503 e. The maximum absolute atomic E-state index is 8.56. The summed E-state index contributed by atoms with van der Waals surface area (Å²) in [6, 6.07) is 17.3. The number of carboxylic acid groups (broad SMARTS) is 2. The molecule has 0 aliphatic heterocycles. The largest absolute Gasteiger partial charge is 0.503 e. The highest BCUT2D eigenvalue weighted by molar-refractivity contribution is 5.76. The van der Waals surface area contributed by atoms with Gasteiger partial charge < -0.3 is 10.2 Å². The van der Waals surface area contributed by atoms with Crippen LogP contribution in [0.25, 0.3) is 11.1 Å². The standard InChI is InChI=1S/C13H10.CH2O3/c1-3-7-12-10(5-1)9-11-6-2-4-8-13(11)12;2-1(3)4/h1-8H,9H2;(H2,2,3,4). The van der Waals surface area contributed by atoms with Crippen molar-refractivity contribution in [1.82, 2.24) is 0 Å². The van der Waals surface area contributed by atoms with Crippen LogP contribution in [0.15, 0.2) is 48.5 Å². The van der Waals surface area contributed by atoms with Crippen LogP contribution in [0, 0.1) is 0 Å². The summed E-state index contributed by atoms with van der Waals surface area (Å²) in [4.78, 5) is 8.56. The van der Waals surface area contributed by atoms with Crippen LogP contribution in [-0.4, -0.2) is 16.4 Å². The normalized spacial score (nSPS) is 10.8. The van der Waals surface area contributed by atoms with Gasteiger partial charge in [0.25, 0.3) is 0 Å². The molecule has 2 aromatic carbocycles. The summed E-state index contributed by atoms with van der Waals surface area (Å²) < 4.78 is 0. The van der Waals surface area contributed by atoms with Gasteiger partial charge in [-0.15, -0.1) is 0 Å². The number of fused-ring (bicyclic) bond motifs is 3. The monoisotopic (exact) mass is 228 g/mol. The van der Waals surface area contributed by atoms with Gasteiger partial charge in [0.15, 0.2) is 0 Å². The predicted molar refractivity (Wildman–Crippen MR) is 65.3 cm³/mol. The zero-order valence-corrected chi connectivity index (χ0v) is 9.13. The summed E-state index contributed by atoms with van der Waals surface area (Å²) >= 11 is 0. The van der Waals surface area contributed by atoms with E-state index in [2.05, 4.69) is 48.5 Å². The summed E-state index contributed by atoms with van der Waals surface area (Å²) in [5, 5.41) is 13.9. The van der Waals surface area contributed by atoms with E-state index in [1.54, 1.807) is 0 Å². The van der Waals surface area contributed by atoms with Crippen LogP contribution >= 0.6 is 0 Å². The molecule has 0 heterocycles. The fraction of sp³-hybridized carbons (Fsp3) is 0.0714. The molecule has 0 fully saturated rings. The van der Waals surface area contributed by atoms with Gasteiger partial charge in [0, 0.05) is 0 Å². The van der Waals surface area contributed by atoms with Gasteiger partial charge in [0.05, 0.1) is 0 Å². The third-order valence-corrected chi connectivity index (χ3v) is 2.71. The van der Waals surface area contributed by atoms with E-state index >= 15 is 0 Å². The Hall–Kier alpha value is -2.29. The van der Waals surface area contributed by atoms with E-state index in [9.17, 15) is 0 Å². The summed E-state index contributed by atoms with van der Waals surface area (Å²) in [5.41, 5.74) is 5.75. The van der Waals surface area contributed by atoms with Gasteiger partial charge in [-0.05, 0) is 28.7 Å². The molecule has 0 bridgehead atoms. The van der Waals surface area contributed by atoms with Crippen molar-refractivity contribution in [3.8, 4) is 11.1 Å². The Morgan fingerprint density at radius 2 is 1.18 bits per heavy atom. The fourth-order valence-electron chi connectivity index (χ4n) is 2.08. The van der Waals surface area contributed by atoms with E-state index in [1.165, 1.54) is 22.3 Å². The lowest BCUT2D eigenvalue weighted by molar-refractivity contribution is 0.137. The van der Waals surface area contributed by atoms with Crippen LogP contribution in [0.4, 0.5) is 4.79 Å². The van der Waals surface area contributed by atoms with Crippen molar-refractivity contribution in [2.75, 3.05) is 0 Å². The van der Waals surface area contributed by atoms with Crippen LogP contribution < -0.4 is 0 Å². The minimum Gasteiger partial charge on any atom is -0.450 e. The van der Waals surface area contributed by atoms with Crippen LogP contribution in [0.2, 0.25) is 0 Å². The summed E-state index contributed by atoms with van der Waals surface area (Å²) in [7, 11) is 0. The third kappa shape index (κ3) is 2.45. The van der Waals surface area contributed by atoms with Gasteiger partial charge in [0.1, 0.15) is 0 Å². The Kier molecular flexibility index (Phi) is 3.10. The minimum absolute atomic E-state index is 1.10. The first-order valence-electron chi connectivity index (χ1n) is 5.26. The van der Waals surface area contributed by atoms with Crippen molar-refractivity contribution < 1.29 is 15.0 Å². The van der Waals surface area contributed by atoms with E-state index in [0.29, 0.717) is 0 Å². The molecule has 3 rings (SSSR count). The van der Waals surface area contributed by atoms with Crippen molar-refractivity contribution in [2.24, 2.45) is 0 Å². The highest BCUT2D eigenvalue weighted by Crippen LogP contribution is 2.35. The molecule has 1 aliphatic carbocycles. The quantitative estimate of drug-likeness (QED) is 0.619. The Labute approximate surface area is 99.0 Å². The van der Waals surface area contributed by atoms with Crippen molar-refractivity contribution in [3.05, 3.63) is 59.7 Å². The second-order valence-corrected chi connectivity index (χ2v) is 3.77. The molecule has 2 aromatic rings. The molecule has 0 unspecified atom stereocenters. The van der Waals surface area contributed by atoms with Crippen LogP contribution in [0.5, 0.6) is 0 Å². The van der Waals surface area contributed by atoms with E-state index in [1.807, 2.05) is 0 Å². The number of carbonyl (C=O) groups is 1. The van der Waals surface area contributed by atoms with Gasteiger partial charge >= 0.3 is 6.16 Å². The second-order valence-electron chi connectivity index (χ2n) is 3.77. The Morgan fingerprint density at radius 1 is 0.824 bits per heavy atom. The molecule has 0 saturated heterocycles. The average molecular weight is 228 g/mol. The van der Waals surface area contributed by atoms with Crippen LogP contribution in [-0.2, 0) is 6.42 Å². The van der Waals surface area contributed by atoms with Gasteiger partial charge in [-0.25, -0.2) is 4.79 Å². The van der Waals surface area contributed by atoms with Gasteiger partial charge in [-0.2, -0.15) is 0 Å². The first-order valence-corrected chi connectivity index (χ1v) is 5.26. The first kappa shape index (κ1) is 11.2. The Balaban J connectivity index is 0.000000239. The van der Waals surface area contributed by atoms with Gasteiger partial charge in [0.2, 0.25) is 0 Å². The number of hydrogen-bond donors (Lipinski definition) is 2. The van der Waals surface area contributed by atoms with Crippen molar-refractivity contribution in [1.29, 1.82) is 0 Å². The number of benzene rings is 2. The molecule has 1 aliphatic rings. The Morgan fingerprint density at radius 3 is 1.59 bits per heavy atom. The molecular weight excluding hydrogens is 216 g/mol. The molecule has 3 nitrogen and oxygen atoms in total. The van der Waals surface area contributed by atoms with E-state index in [0.717, 1.165) is 6.42 Å². The number of hydrogen-bond acceptors (Lipinski definition) is 1. The predicted octanol–water partition coefficient (Wildman–Crippen LogP) is 3.48. The molecule has 2 N–H and O–H groups in total. The maximum atomic E-state index is 8.56. The molecule has 0 atom stereocenters. The highest BCUT2D eigenvalue weighted by Gasteiger charge is 2.15. The fourth-order valence-corrected chi connectivity index (χ4v) is 2.08. The zero-order valence-electron chi connectivity index (χ0n) is 9.13. The molecule has 3 heteroatoms. The summed E-state index contributed by atoms with van der Waals surface area (Å²) in [6.07, 6.45) is -0.730. The average Bonchev–Trinajstić information content (AvgIpc) is 2.66. The Bertz CT molecular complexity index is 499. The first-order chi connectivity index (χ1) is 8.18. The zero-order chi connectivity index (χ0) is 12.3. The van der Waals surface area contributed by atoms with Crippen LogP contribution in [0.1, 0.15) is 11.1 Å². The molecule has 17 heavy (non-hydrogen) atoms. The third-order valence-electron chi connectivity index (χ3n) is 2.71. The van der Waals surface area contributed by atoms with Crippen molar-refractivity contribution in [2.45, 2.75) is 6.42 Å². The summed E-state index contributed by atoms with van der Waals surface area (Å²) in [5.74, 6) is 0. The molecule has 0 aromatic heterocycles. The SMILES string of the molecule is O=C(O)O.c1ccc2c(c1)Cc1ccccc1-2. The molecule has 0 radical (unpaired) electrons. The van der Waals surface area contributed by atoms with Gasteiger partial charge in [-0.1, -0.05) is 48.5 Å². The smallest absolute Gasteiger partial charge is 0.450 e. The lowest BCUT2D eigenvalue weighted by Gasteiger charge is -1.98. The lowest BCUT2D eigenvalue weighted by Crippen LogP contribution is -1.81. The van der Waals surface area contributed by atoms with Crippen molar-refractivity contribution >= 4 is 6.16 Å². The molecule has 86 valence electrons. The highest BCUT2D eigenvalue weighted by atomic mass is 16.6.